The van der Waals surface area contributed by atoms with E-state index in [1.54, 1.807) is 0 Å². The van der Waals surface area contributed by atoms with Gasteiger partial charge in [-0.1, -0.05) is 33.3 Å². The van der Waals surface area contributed by atoms with Gasteiger partial charge in [0.25, 0.3) is 0 Å². The quantitative estimate of drug-likeness (QED) is 0.487. The molecule has 1 aliphatic carbocycles. The summed E-state index contributed by atoms with van der Waals surface area (Å²) in [5, 5.41) is 0. The SMILES string of the molecule is CCC(C)CN(c1ccc([C@H](C)CC(=O)OC)cc1N)C1CCC(OC)CC1. The van der Waals surface area contributed by atoms with E-state index in [0.29, 0.717) is 24.5 Å². The molecule has 1 aromatic rings. The topological polar surface area (TPSA) is 64.8 Å². The molecule has 5 nitrogen and oxygen atoms in total. The highest BCUT2D eigenvalue weighted by atomic mass is 16.5. The van der Waals surface area contributed by atoms with Gasteiger partial charge >= 0.3 is 5.97 Å². The zero-order chi connectivity index (χ0) is 20.7. The van der Waals surface area contributed by atoms with Crippen molar-refractivity contribution < 1.29 is 14.3 Å². The molecule has 0 amide bonds. The van der Waals surface area contributed by atoms with E-state index in [2.05, 4.69) is 30.9 Å². The van der Waals surface area contributed by atoms with Crippen LogP contribution in [-0.4, -0.2) is 38.9 Å². The number of carbonyl (C=O) groups is 1. The third-order valence-electron chi connectivity index (χ3n) is 6.25. The number of esters is 1. The Hall–Kier alpha value is -1.75. The van der Waals surface area contributed by atoms with Gasteiger partial charge in [0.15, 0.2) is 0 Å². The van der Waals surface area contributed by atoms with Crippen molar-refractivity contribution in [2.75, 3.05) is 31.4 Å². The number of benzene rings is 1. The van der Waals surface area contributed by atoms with Gasteiger partial charge in [-0.2, -0.15) is 0 Å². The minimum atomic E-state index is -0.191. The normalized spacial score (nSPS) is 21.8. The fourth-order valence-electron chi connectivity index (χ4n) is 4.09. The Kier molecular flexibility index (Phi) is 8.61. The molecule has 0 saturated heterocycles. The maximum Gasteiger partial charge on any atom is 0.306 e. The van der Waals surface area contributed by atoms with Crippen LogP contribution in [0.1, 0.15) is 70.8 Å². The number of ether oxygens (including phenoxy) is 2. The Morgan fingerprint density at radius 1 is 1.21 bits per heavy atom. The van der Waals surface area contributed by atoms with E-state index in [-0.39, 0.29) is 11.9 Å². The van der Waals surface area contributed by atoms with Crippen LogP contribution >= 0.6 is 0 Å². The minimum absolute atomic E-state index is 0.0870. The highest BCUT2D eigenvalue weighted by Crippen LogP contribution is 2.35. The first kappa shape index (κ1) is 22.5. The molecule has 158 valence electrons. The van der Waals surface area contributed by atoms with Crippen molar-refractivity contribution in [3.05, 3.63) is 23.8 Å². The smallest absolute Gasteiger partial charge is 0.306 e. The van der Waals surface area contributed by atoms with E-state index in [4.69, 9.17) is 15.2 Å². The lowest BCUT2D eigenvalue weighted by molar-refractivity contribution is -0.140. The minimum Gasteiger partial charge on any atom is -0.469 e. The lowest BCUT2D eigenvalue weighted by Crippen LogP contribution is -2.42. The fourth-order valence-corrected chi connectivity index (χ4v) is 4.09. The lowest BCUT2D eigenvalue weighted by Gasteiger charge is -2.40. The molecular weight excluding hydrogens is 352 g/mol. The first-order valence-corrected chi connectivity index (χ1v) is 10.6. The Morgan fingerprint density at radius 2 is 1.89 bits per heavy atom. The third-order valence-corrected chi connectivity index (χ3v) is 6.25. The highest BCUT2D eigenvalue weighted by molar-refractivity contribution is 5.72. The van der Waals surface area contributed by atoms with Crippen LogP contribution in [-0.2, 0) is 14.3 Å². The van der Waals surface area contributed by atoms with Gasteiger partial charge < -0.3 is 20.1 Å². The molecule has 0 aliphatic heterocycles. The van der Waals surface area contributed by atoms with Crippen molar-refractivity contribution in [3.63, 3.8) is 0 Å². The maximum absolute atomic E-state index is 11.6. The summed E-state index contributed by atoms with van der Waals surface area (Å²) < 4.78 is 10.4. The van der Waals surface area contributed by atoms with Crippen molar-refractivity contribution in [2.45, 2.75) is 77.4 Å². The summed E-state index contributed by atoms with van der Waals surface area (Å²) >= 11 is 0. The number of nitrogen functional groups attached to an aromatic ring is 1. The number of nitrogens with zero attached hydrogens (tertiary/aromatic N) is 1. The van der Waals surface area contributed by atoms with Gasteiger partial charge in [-0.15, -0.1) is 0 Å². The molecule has 1 fully saturated rings. The molecule has 1 unspecified atom stereocenters. The van der Waals surface area contributed by atoms with E-state index < -0.39 is 0 Å². The molecule has 1 aromatic carbocycles. The van der Waals surface area contributed by atoms with Gasteiger partial charge in [0.1, 0.15) is 0 Å². The average molecular weight is 391 g/mol. The Morgan fingerprint density at radius 3 is 2.43 bits per heavy atom. The predicted molar refractivity (Wildman–Crippen MR) is 116 cm³/mol. The first-order chi connectivity index (χ1) is 13.4. The first-order valence-electron chi connectivity index (χ1n) is 10.6. The van der Waals surface area contributed by atoms with Gasteiger partial charge in [-0.3, -0.25) is 4.79 Å². The maximum atomic E-state index is 11.6. The van der Waals surface area contributed by atoms with Gasteiger partial charge in [0, 0.05) is 19.7 Å². The fraction of sp³-hybridized carbons (Fsp3) is 0.696. The second-order valence-electron chi connectivity index (χ2n) is 8.33. The summed E-state index contributed by atoms with van der Waals surface area (Å²) in [6.45, 7) is 7.59. The molecule has 1 aliphatic rings. The largest absolute Gasteiger partial charge is 0.469 e. The Balaban J connectivity index is 2.21. The molecule has 2 atom stereocenters. The molecule has 0 bridgehead atoms. The van der Waals surface area contributed by atoms with Crippen molar-refractivity contribution in [1.29, 1.82) is 0 Å². The summed E-state index contributed by atoms with van der Waals surface area (Å²) in [5.41, 5.74) is 9.52. The van der Waals surface area contributed by atoms with Gasteiger partial charge in [0.2, 0.25) is 0 Å². The number of hydrogen-bond acceptors (Lipinski definition) is 5. The van der Waals surface area contributed by atoms with E-state index >= 15 is 0 Å². The van der Waals surface area contributed by atoms with Crippen molar-refractivity contribution in [3.8, 4) is 0 Å². The van der Waals surface area contributed by atoms with Gasteiger partial charge in [0.05, 0.1) is 31.0 Å². The van der Waals surface area contributed by atoms with Crippen molar-refractivity contribution in [1.82, 2.24) is 0 Å². The Bertz CT molecular complexity index is 626. The summed E-state index contributed by atoms with van der Waals surface area (Å²) in [4.78, 5) is 14.1. The third kappa shape index (κ3) is 5.87. The van der Waals surface area contributed by atoms with Crippen LogP contribution in [0.5, 0.6) is 0 Å². The zero-order valence-electron chi connectivity index (χ0n) is 18.2. The molecule has 28 heavy (non-hydrogen) atoms. The average Bonchev–Trinajstić information content (AvgIpc) is 2.71. The molecule has 1 saturated carbocycles. The molecule has 0 aromatic heterocycles. The van der Waals surface area contributed by atoms with Crippen LogP contribution in [0.15, 0.2) is 18.2 Å². The van der Waals surface area contributed by atoms with E-state index in [0.717, 1.165) is 55.6 Å². The number of methoxy groups -OCH3 is 2. The molecular formula is C23H38N2O3. The van der Waals surface area contributed by atoms with E-state index in [9.17, 15) is 4.79 Å². The van der Waals surface area contributed by atoms with Crippen LogP contribution in [0.25, 0.3) is 0 Å². The second-order valence-corrected chi connectivity index (χ2v) is 8.33. The predicted octanol–water partition coefficient (Wildman–Crippen LogP) is 4.75. The van der Waals surface area contributed by atoms with Gasteiger partial charge in [-0.05, 0) is 55.2 Å². The molecule has 0 radical (unpaired) electrons. The number of hydrogen-bond donors (Lipinski definition) is 1. The monoisotopic (exact) mass is 390 g/mol. The molecule has 0 spiro atoms. The Labute approximate surface area is 170 Å². The number of nitrogens with two attached hydrogens (primary N) is 1. The number of rotatable bonds is 9. The summed E-state index contributed by atoms with van der Waals surface area (Å²) in [6.07, 6.45) is 6.38. The van der Waals surface area contributed by atoms with Crippen LogP contribution < -0.4 is 10.6 Å². The van der Waals surface area contributed by atoms with Crippen LogP contribution in [0.2, 0.25) is 0 Å². The van der Waals surface area contributed by atoms with Crippen molar-refractivity contribution in [2.24, 2.45) is 5.92 Å². The van der Waals surface area contributed by atoms with Crippen LogP contribution in [0.4, 0.5) is 11.4 Å². The second kappa shape index (κ2) is 10.7. The van der Waals surface area contributed by atoms with Crippen molar-refractivity contribution >= 4 is 17.3 Å². The van der Waals surface area contributed by atoms with Gasteiger partial charge in [-0.25, -0.2) is 0 Å². The van der Waals surface area contributed by atoms with E-state index in [1.807, 2.05) is 20.1 Å². The number of anilines is 2. The lowest BCUT2D eigenvalue weighted by atomic mass is 9.90. The van der Waals surface area contributed by atoms with Crippen LogP contribution in [0, 0.1) is 5.92 Å². The molecule has 2 N–H and O–H groups in total. The summed E-state index contributed by atoms with van der Waals surface area (Å²) in [5.74, 6) is 0.505. The molecule has 2 rings (SSSR count). The number of carbonyl (C=O) groups excluding carboxylic acids is 1. The van der Waals surface area contributed by atoms with E-state index in [1.165, 1.54) is 7.11 Å². The van der Waals surface area contributed by atoms with Crippen LogP contribution in [0.3, 0.4) is 0 Å². The highest BCUT2D eigenvalue weighted by Gasteiger charge is 2.28. The zero-order valence-corrected chi connectivity index (χ0v) is 18.2. The summed E-state index contributed by atoms with van der Waals surface area (Å²) in [6, 6.07) is 6.79. The molecule has 5 heteroatoms. The summed E-state index contributed by atoms with van der Waals surface area (Å²) in [7, 11) is 3.24. The molecule has 0 heterocycles. The standard InChI is InChI=1S/C23H38N2O3/c1-6-16(2)15-25(19-8-10-20(27-4)11-9-19)22-12-7-18(14-21(22)24)17(3)13-23(26)28-5/h7,12,14,16-17,19-20H,6,8-11,13,15,24H2,1-5H3/t16?,17-,19?,20?/m1/s1.